The van der Waals surface area contributed by atoms with E-state index in [1.54, 1.807) is 0 Å². The summed E-state index contributed by atoms with van der Waals surface area (Å²) < 4.78 is 3.32. The van der Waals surface area contributed by atoms with E-state index in [-0.39, 0.29) is 0 Å². The minimum Gasteiger partial charge on any atom is -0.0586 e. The zero-order valence-electron chi connectivity index (χ0n) is 17.1. The van der Waals surface area contributed by atoms with Crippen molar-refractivity contribution in [3.05, 3.63) is 103 Å². The van der Waals surface area contributed by atoms with Crippen molar-refractivity contribution < 1.29 is 0 Å². The maximum absolute atomic E-state index is 3.77. The smallest absolute Gasteiger partial charge is 0.0256 e. The second-order valence-electron chi connectivity index (χ2n) is 7.75. The number of benzene rings is 4. The lowest BCUT2D eigenvalue weighted by atomic mass is 9.92. The Morgan fingerprint density at radius 3 is 0.900 bits per heavy atom. The van der Waals surface area contributed by atoms with Crippen LogP contribution in [-0.2, 0) is 0 Å². The molecule has 150 valence electrons. The fourth-order valence-corrected chi connectivity index (χ4v) is 5.82. The monoisotopic (exact) mass is 582 g/mol. The molecule has 0 aliphatic carbocycles. The highest BCUT2D eigenvalue weighted by atomic mass is 79.9. The van der Waals surface area contributed by atoms with Crippen LogP contribution in [0.3, 0.4) is 0 Å². The molecular weight excluding hydrogens is 564 g/mol. The van der Waals surface area contributed by atoms with Crippen molar-refractivity contribution in [2.75, 3.05) is 0 Å². The quantitative estimate of drug-likeness (QED) is 0.225. The van der Waals surface area contributed by atoms with Crippen LogP contribution in [0.2, 0.25) is 0 Å². The van der Waals surface area contributed by atoms with Crippen molar-refractivity contribution >= 4 is 47.8 Å². The molecule has 0 saturated heterocycles. The molecule has 0 unspecified atom stereocenters. The molecule has 0 radical (unpaired) electrons. The van der Waals surface area contributed by atoms with Crippen molar-refractivity contribution in [1.82, 2.24) is 0 Å². The number of halogens is 3. The van der Waals surface area contributed by atoms with Gasteiger partial charge in [-0.2, -0.15) is 0 Å². The van der Waals surface area contributed by atoms with Crippen LogP contribution in [0.15, 0.2) is 86.2 Å². The second kappa shape index (κ2) is 8.82. The Kier molecular flexibility index (Phi) is 6.34. The topological polar surface area (TPSA) is 0 Å². The molecule has 4 aromatic carbocycles. The molecule has 3 heteroatoms. The first-order valence-electron chi connectivity index (χ1n) is 9.76. The molecule has 0 spiro atoms. The van der Waals surface area contributed by atoms with E-state index in [1.807, 2.05) is 0 Å². The molecule has 4 rings (SSSR count). The Balaban J connectivity index is 1.98. The molecular formula is C27H21Br3. The minimum absolute atomic E-state index is 1.11. The van der Waals surface area contributed by atoms with Gasteiger partial charge in [0.15, 0.2) is 0 Å². The summed E-state index contributed by atoms with van der Waals surface area (Å²) in [7, 11) is 0. The van der Waals surface area contributed by atoms with Gasteiger partial charge in [0.05, 0.1) is 0 Å². The van der Waals surface area contributed by atoms with Gasteiger partial charge in [0.2, 0.25) is 0 Å². The molecule has 0 atom stereocenters. The van der Waals surface area contributed by atoms with Crippen molar-refractivity contribution in [3.8, 4) is 33.4 Å². The molecule has 0 aromatic heterocycles. The Morgan fingerprint density at radius 2 is 0.667 bits per heavy atom. The first-order chi connectivity index (χ1) is 14.3. The maximum atomic E-state index is 3.77. The van der Waals surface area contributed by atoms with Gasteiger partial charge >= 0.3 is 0 Å². The van der Waals surface area contributed by atoms with Gasteiger partial charge in [-0.1, -0.05) is 84.2 Å². The van der Waals surface area contributed by atoms with E-state index < -0.39 is 0 Å². The van der Waals surface area contributed by atoms with Crippen molar-refractivity contribution in [1.29, 1.82) is 0 Å². The standard InChI is InChI=1S/C27H21Br3/c1-16-4-7-22(25(28)10-16)19-13-20(23-8-5-17(2)11-26(23)29)15-21(14-19)24-9-6-18(3)12-27(24)30/h4-15H,1-3H3. The van der Waals surface area contributed by atoms with E-state index in [0.717, 1.165) is 13.4 Å². The van der Waals surface area contributed by atoms with Crippen LogP contribution < -0.4 is 0 Å². The molecule has 0 amide bonds. The highest BCUT2D eigenvalue weighted by molar-refractivity contribution is 9.11. The fraction of sp³-hybridized carbons (Fsp3) is 0.111. The Bertz CT molecular complexity index is 1090. The number of rotatable bonds is 3. The molecule has 0 N–H and O–H groups in total. The van der Waals surface area contributed by atoms with Gasteiger partial charge in [0, 0.05) is 13.4 Å². The zero-order chi connectivity index (χ0) is 21.4. The average Bonchev–Trinajstić information content (AvgIpc) is 2.67. The van der Waals surface area contributed by atoms with E-state index in [0.29, 0.717) is 0 Å². The van der Waals surface area contributed by atoms with Crippen LogP contribution in [0.5, 0.6) is 0 Å². The van der Waals surface area contributed by atoms with Crippen LogP contribution in [0, 0.1) is 20.8 Å². The van der Waals surface area contributed by atoms with E-state index in [2.05, 4.69) is 141 Å². The summed E-state index contributed by atoms with van der Waals surface area (Å²) in [5.41, 5.74) is 10.9. The highest BCUT2D eigenvalue weighted by Crippen LogP contribution is 2.40. The maximum Gasteiger partial charge on any atom is 0.0256 e. The van der Waals surface area contributed by atoms with E-state index in [9.17, 15) is 0 Å². The molecule has 0 heterocycles. The van der Waals surface area contributed by atoms with Crippen molar-refractivity contribution in [3.63, 3.8) is 0 Å². The van der Waals surface area contributed by atoms with E-state index >= 15 is 0 Å². The lowest BCUT2D eigenvalue weighted by Crippen LogP contribution is -1.89. The predicted molar refractivity (Wildman–Crippen MR) is 140 cm³/mol. The Labute approximate surface area is 203 Å². The summed E-state index contributed by atoms with van der Waals surface area (Å²) in [6.07, 6.45) is 0. The molecule has 0 bridgehead atoms. The highest BCUT2D eigenvalue weighted by Gasteiger charge is 2.13. The van der Waals surface area contributed by atoms with Crippen LogP contribution in [0.1, 0.15) is 16.7 Å². The number of hydrogen-bond donors (Lipinski definition) is 0. The molecule has 0 nitrogen and oxygen atoms in total. The Morgan fingerprint density at radius 1 is 0.400 bits per heavy atom. The van der Waals surface area contributed by atoms with Crippen LogP contribution in [-0.4, -0.2) is 0 Å². The molecule has 0 fully saturated rings. The summed E-state index contributed by atoms with van der Waals surface area (Å²) in [4.78, 5) is 0. The molecule has 30 heavy (non-hydrogen) atoms. The van der Waals surface area contributed by atoms with Crippen molar-refractivity contribution in [2.45, 2.75) is 20.8 Å². The van der Waals surface area contributed by atoms with E-state index in [1.165, 1.54) is 50.1 Å². The first-order valence-corrected chi connectivity index (χ1v) is 12.1. The van der Waals surface area contributed by atoms with Crippen LogP contribution in [0.25, 0.3) is 33.4 Å². The van der Waals surface area contributed by atoms with Gasteiger partial charge in [0.1, 0.15) is 0 Å². The van der Waals surface area contributed by atoms with Crippen LogP contribution in [0.4, 0.5) is 0 Å². The number of aryl methyl sites for hydroxylation is 3. The van der Waals surface area contributed by atoms with Gasteiger partial charge in [0.25, 0.3) is 0 Å². The minimum atomic E-state index is 1.11. The average molecular weight is 585 g/mol. The first kappa shape index (κ1) is 21.5. The fourth-order valence-electron chi connectivity index (χ4n) is 3.66. The second-order valence-corrected chi connectivity index (χ2v) is 10.3. The summed E-state index contributed by atoms with van der Waals surface area (Å²) in [6.45, 7) is 6.34. The van der Waals surface area contributed by atoms with E-state index in [4.69, 9.17) is 0 Å². The van der Waals surface area contributed by atoms with Gasteiger partial charge in [-0.05, 0) is 107 Å². The third-order valence-electron chi connectivity index (χ3n) is 5.24. The lowest BCUT2D eigenvalue weighted by molar-refractivity contribution is 1.43. The third kappa shape index (κ3) is 4.49. The summed E-state index contributed by atoms with van der Waals surface area (Å²) >= 11 is 11.3. The summed E-state index contributed by atoms with van der Waals surface area (Å²) in [6, 6.07) is 26.4. The summed E-state index contributed by atoms with van der Waals surface area (Å²) in [5, 5.41) is 0. The third-order valence-corrected chi connectivity index (χ3v) is 7.21. The molecule has 0 aliphatic heterocycles. The summed E-state index contributed by atoms with van der Waals surface area (Å²) in [5.74, 6) is 0. The van der Waals surface area contributed by atoms with Gasteiger partial charge in [-0.15, -0.1) is 0 Å². The largest absolute Gasteiger partial charge is 0.0586 e. The van der Waals surface area contributed by atoms with Gasteiger partial charge in [-0.3, -0.25) is 0 Å². The SMILES string of the molecule is Cc1ccc(-c2cc(-c3ccc(C)cc3Br)cc(-c3ccc(C)cc3Br)c2)c(Br)c1. The number of hydrogen-bond acceptors (Lipinski definition) is 0. The molecule has 0 saturated carbocycles. The normalized spacial score (nSPS) is 11.0. The predicted octanol–water partition coefficient (Wildman–Crippen LogP) is 9.90. The lowest BCUT2D eigenvalue weighted by Gasteiger charge is -2.15. The van der Waals surface area contributed by atoms with Gasteiger partial charge < -0.3 is 0 Å². The molecule has 0 aliphatic rings. The van der Waals surface area contributed by atoms with Gasteiger partial charge in [-0.25, -0.2) is 0 Å². The van der Waals surface area contributed by atoms with Crippen LogP contribution >= 0.6 is 47.8 Å². The van der Waals surface area contributed by atoms with Crippen molar-refractivity contribution in [2.24, 2.45) is 0 Å². The Hall–Kier alpha value is -1.68. The molecule has 4 aromatic rings. The zero-order valence-corrected chi connectivity index (χ0v) is 21.8.